The van der Waals surface area contributed by atoms with Crippen molar-refractivity contribution in [2.75, 3.05) is 5.32 Å². The molecule has 0 unspecified atom stereocenters. The highest BCUT2D eigenvalue weighted by atomic mass is 32.1. The molecule has 0 aliphatic rings. The Bertz CT molecular complexity index is 855. The summed E-state index contributed by atoms with van der Waals surface area (Å²) in [5.41, 5.74) is 1.26. The van der Waals surface area contributed by atoms with Gasteiger partial charge in [0, 0.05) is 29.8 Å². The molecule has 142 valence electrons. The highest BCUT2D eigenvalue weighted by Gasteiger charge is 2.10. The Hall–Kier alpha value is -2.47. The second kappa shape index (κ2) is 9.46. The third-order valence-corrected chi connectivity index (χ3v) is 5.21. The fourth-order valence-corrected chi connectivity index (χ4v) is 3.53. The van der Waals surface area contributed by atoms with Crippen LogP contribution in [0.4, 0.5) is 5.13 Å². The number of aromatic nitrogens is 2. The number of thiazole rings is 1. The van der Waals surface area contributed by atoms with Gasteiger partial charge in [0.05, 0.1) is 6.20 Å². The van der Waals surface area contributed by atoms with Crippen LogP contribution in [0, 0.1) is 0 Å². The molecule has 1 N–H and O–H groups in total. The Morgan fingerprint density at radius 1 is 1.11 bits per heavy atom. The Labute approximate surface area is 163 Å². The molecule has 3 aromatic rings. The molecule has 2 heterocycles. The summed E-state index contributed by atoms with van der Waals surface area (Å²) < 4.78 is 5.72. The number of aryl methyl sites for hydroxylation is 3. The van der Waals surface area contributed by atoms with E-state index in [0.29, 0.717) is 17.5 Å². The van der Waals surface area contributed by atoms with Gasteiger partial charge < -0.3 is 9.73 Å². The Morgan fingerprint density at radius 3 is 2.67 bits per heavy atom. The van der Waals surface area contributed by atoms with Gasteiger partial charge in [-0.1, -0.05) is 44.2 Å². The first-order valence-electron chi connectivity index (χ1n) is 9.33. The van der Waals surface area contributed by atoms with Gasteiger partial charge >= 0.3 is 0 Å². The van der Waals surface area contributed by atoms with Crippen molar-refractivity contribution in [3.8, 4) is 0 Å². The topological polar surface area (TPSA) is 68.0 Å². The predicted octanol–water partition coefficient (Wildman–Crippen LogP) is 5.00. The maximum Gasteiger partial charge on any atom is 0.226 e. The van der Waals surface area contributed by atoms with Crippen LogP contribution in [0.5, 0.6) is 0 Å². The number of oxazole rings is 1. The van der Waals surface area contributed by atoms with Crippen LogP contribution in [0.2, 0.25) is 0 Å². The molecule has 0 aliphatic carbocycles. The Balaban J connectivity index is 1.41. The summed E-state index contributed by atoms with van der Waals surface area (Å²) in [4.78, 5) is 21.8. The summed E-state index contributed by atoms with van der Waals surface area (Å²) >= 11 is 1.51. The molecule has 0 radical (unpaired) electrons. The lowest BCUT2D eigenvalue weighted by Crippen LogP contribution is -2.11. The SMILES string of the molecule is CC(C)c1cnc(CCc2cnc(NC(=O)CCCc3ccccc3)s2)o1. The first-order chi connectivity index (χ1) is 13.1. The molecule has 2 aromatic heterocycles. The van der Waals surface area contributed by atoms with E-state index in [4.69, 9.17) is 4.42 Å². The van der Waals surface area contributed by atoms with Crippen LogP contribution in [0.15, 0.2) is 47.1 Å². The van der Waals surface area contributed by atoms with Gasteiger partial charge in [0.1, 0.15) is 5.76 Å². The highest BCUT2D eigenvalue weighted by molar-refractivity contribution is 7.15. The van der Waals surface area contributed by atoms with E-state index in [1.807, 2.05) is 24.4 Å². The van der Waals surface area contributed by atoms with Crippen molar-refractivity contribution >= 4 is 22.4 Å². The minimum atomic E-state index is 0.0149. The molecule has 3 rings (SSSR count). The van der Waals surface area contributed by atoms with E-state index < -0.39 is 0 Å². The molecular formula is C21H25N3O2S. The third kappa shape index (κ3) is 6.03. The van der Waals surface area contributed by atoms with Crippen molar-refractivity contribution in [1.29, 1.82) is 0 Å². The van der Waals surface area contributed by atoms with E-state index in [-0.39, 0.29) is 5.91 Å². The van der Waals surface area contributed by atoms with Crippen LogP contribution in [-0.4, -0.2) is 15.9 Å². The van der Waals surface area contributed by atoms with E-state index in [9.17, 15) is 4.79 Å². The highest BCUT2D eigenvalue weighted by Crippen LogP contribution is 2.21. The largest absolute Gasteiger partial charge is 0.445 e. The molecule has 0 saturated carbocycles. The number of benzene rings is 1. The summed E-state index contributed by atoms with van der Waals surface area (Å²) in [7, 11) is 0. The zero-order chi connectivity index (χ0) is 19.1. The fourth-order valence-electron chi connectivity index (χ4n) is 2.70. The number of nitrogens with zero attached hydrogens (tertiary/aromatic N) is 2. The Kier molecular flexibility index (Phi) is 6.76. The number of rotatable bonds is 9. The quantitative estimate of drug-likeness (QED) is 0.564. The van der Waals surface area contributed by atoms with Gasteiger partial charge in [-0.25, -0.2) is 9.97 Å². The zero-order valence-corrected chi connectivity index (χ0v) is 16.6. The number of amides is 1. The number of carbonyl (C=O) groups is 1. The third-order valence-electron chi connectivity index (χ3n) is 4.24. The number of anilines is 1. The lowest BCUT2D eigenvalue weighted by molar-refractivity contribution is -0.116. The van der Waals surface area contributed by atoms with Crippen molar-refractivity contribution in [3.05, 3.63) is 64.8 Å². The van der Waals surface area contributed by atoms with Gasteiger partial charge in [0.25, 0.3) is 0 Å². The van der Waals surface area contributed by atoms with Crippen LogP contribution < -0.4 is 5.32 Å². The molecule has 0 saturated heterocycles. The molecule has 1 aromatic carbocycles. The summed E-state index contributed by atoms with van der Waals surface area (Å²) in [5, 5.41) is 3.55. The van der Waals surface area contributed by atoms with Crippen LogP contribution in [0.3, 0.4) is 0 Å². The molecule has 5 nitrogen and oxygen atoms in total. The van der Waals surface area contributed by atoms with Gasteiger partial charge in [-0.3, -0.25) is 4.79 Å². The molecule has 1 amide bonds. The molecule has 6 heteroatoms. The lowest BCUT2D eigenvalue weighted by Gasteiger charge is -2.02. The zero-order valence-electron chi connectivity index (χ0n) is 15.8. The molecule has 0 spiro atoms. The van der Waals surface area contributed by atoms with Crippen molar-refractivity contribution < 1.29 is 9.21 Å². The second-order valence-electron chi connectivity index (χ2n) is 6.83. The Morgan fingerprint density at radius 2 is 1.93 bits per heavy atom. The number of carbonyl (C=O) groups excluding carboxylic acids is 1. The van der Waals surface area contributed by atoms with Gasteiger partial charge in [-0.2, -0.15) is 0 Å². The average Bonchev–Trinajstić information content (AvgIpc) is 3.30. The summed E-state index contributed by atoms with van der Waals surface area (Å²) in [6, 6.07) is 10.2. The number of hydrogen-bond donors (Lipinski definition) is 1. The van der Waals surface area contributed by atoms with Gasteiger partial charge in [-0.05, 0) is 24.8 Å². The van der Waals surface area contributed by atoms with Gasteiger partial charge in [-0.15, -0.1) is 11.3 Å². The van der Waals surface area contributed by atoms with Crippen molar-refractivity contribution in [3.63, 3.8) is 0 Å². The predicted molar refractivity (Wildman–Crippen MR) is 108 cm³/mol. The smallest absolute Gasteiger partial charge is 0.226 e. The van der Waals surface area contributed by atoms with Crippen LogP contribution in [0.25, 0.3) is 0 Å². The lowest BCUT2D eigenvalue weighted by atomic mass is 10.1. The monoisotopic (exact) mass is 383 g/mol. The fraction of sp³-hybridized carbons (Fsp3) is 0.381. The minimum Gasteiger partial charge on any atom is -0.445 e. The standard InChI is InChI=1S/C21H25N3O2S/c1-15(2)18-14-22-20(26-18)12-11-17-13-23-21(27-17)24-19(25)10-6-9-16-7-4-3-5-8-16/h3-5,7-8,13-15H,6,9-12H2,1-2H3,(H,23,24,25). The van der Waals surface area contributed by atoms with E-state index in [2.05, 4.69) is 41.3 Å². The van der Waals surface area contributed by atoms with E-state index >= 15 is 0 Å². The summed E-state index contributed by atoms with van der Waals surface area (Å²) in [6.45, 7) is 4.17. The average molecular weight is 384 g/mol. The summed E-state index contributed by atoms with van der Waals surface area (Å²) in [5.74, 6) is 2.02. The summed E-state index contributed by atoms with van der Waals surface area (Å²) in [6.07, 6.45) is 7.39. The van der Waals surface area contributed by atoms with E-state index in [0.717, 1.165) is 42.2 Å². The first-order valence-corrected chi connectivity index (χ1v) is 10.1. The molecule has 0 atom stereocenters. The van der Waals surface area contributed by atoms with Crippen LogP contribution >= 0.6 is 11.3 Å². The molecule has 0 fully saturated rings. The molecule has 0 bridgehead atoms. The van der Waals surface area contributed by atoms with Crippen molar-refractivity contribution in [2.45, 2.75) is 51.9 Å². The molecule has 0 aliphatic heterocycles. The van der Waals surface area contributed by atoms with Gasteiger partial charge in [0.15, 0.2) is 11.0 Å². The molecule has 27 heavy (non-hydrogen) atoms. The van der Waals surface area contributed by atoms with Crippen molar-refractivity contribution in [1.82, 2.24) is 9.97 Å². The van der Waals surface area contributed by atoms with Gasteiger partial charge in [0.2, 0.25) is 5.91 Å². The maximum atomic E-state index is 12.1. The normalized spacial score (nSPS) is 11.1. The molecular weight excluding hydrogens is 358 g/mol. The van der Waals surface area contributed by atoms with Crippen molar-refractivity contribution in [2.24, 2.45) is 0 Å². The number of hydrogen-bond acceptors (Lipinski definition) is 5. The van der Waals surface area contributed by atoms with E-state index in [1.54, 1.807) is 6.20 Å². The van der Waals surface area contributed by atoms with Crippen LogP contribution in [-0.2, 0) is 24.1 Å². The maximum absolute atomic E-state index is 12.1. The number of nitrogens with one attached hydrogen (secondary N) is 1. The minimum absolute atomic E-state index is 0.0149. The second-order valence-corrected chi connectivity index (χ2v) is 7.95. The first kappa shape index (κ1) is 19.3. The van der Waals surface area contributed by atoms with E-state index in [1.165, 1.54) is 16.9 Å². The van der Waals surface area contributed by atoms with Crippen LogP contribution in [0.1, 0.15) is 54.7 Å².